The van der Waals surface area contributed by atoms with Gasteiger partial charge in [0.05, 0.1) is 0 Å². The number of halogens is 4. The average Bonchev–Trinajstić information content (AvgIpc) is 2.37. The van der Waals surface area contributed by atoms with Crippen molar-refractivity contribution in [1.29, 1.82) is 0 Å². The first-order valence-electron chi connectivity index (χ1n) is 6.21. The molecule has 1 atom stereocenters. The van der Waals surface area contributed by atoms with E-state index in [9.17, 15) is 21.6 Å². The van der Waals surface area contributed by atoms with Crippen LogP contribution in [0.1, 0.15) is 12.8 Å². The van der Waals surface area contributed by atoms with Gasteiger partial charge >= 0.3 is 0 Å². The molecule has 9 heteroatoms. The fourth-order valence-electron chi connectivity index (χ4n) is 2.34. The Morgan fingerprint density at radius 2 is 1.81 bits per heavy atom. The Morgan fingerprint density at radius 3 is 2.33 bits per heavy atom. The first-order valence-corrected chi connectivity index (χ1v) is 7.65. The summed E-state index contributed by atoms with van der Waals surface area (Å²) in [6.45, 7) is 0.602. The maximum Gasteiger partial charge on any atom is 0.248 e. The third-order valence-corrected chi connectivity index (χ3v) is 5.29. The molecule has 0 spiro atoms. The molecule has 0 bridgehead atoms. The molecule has 1 unspecified atom stereocenters. The van der Waals surface area contributed by atoms with Gasteiger partial charge in [0.1, 0.15) is 17.5 Å². The van der Waals surface area contributed by atoms with E-state index in [1.165, 1.54) is 0 Å². The van der Waals surface area contributed by atoms with Crippen LogP contribution in [0.5, 0.6) is 0 Å². The van der Waals surface area contributed by atoms with E-state index in [4.69, 9.17) is 5.73 Å². The fourth-order valence-corrected chi connectivity index (χ4v) is 3.99. The van der Waals surface area contributed by atoms with Crippen molar-refractivity contribution in [1.82, 2.24) is 4.31 Å². The smallest absolute Gasteiger partial charge is 0.248 e. The van der Waals surface area contributed by atoms with Crippen LogP contribution in [0.3, 0.4) is 0 Å². The lowest BCUT2D eigenvalue weighted by Gasteiger charge is -2.31. The number of piperidine rings is 1. The van der Waals surface area contributed by atoms with Crippen molar-refractivity contribution >= 4 is 22.4 Å². The molecule has 0 radical (unpaired) electrons. The van der Waals surface area contributed by atoms with Crippen molar-refractivity contribution in [3.05, 3.63) is 29.6 Å². The van der Waals surface area contributed by atoms with Crippen molar-refractivity contribution in [2.45, 2.75) is 17.7 Å². The highest BCUT2D eigenvalue weighted by Gasteiger charge is 2.34. The lowest BCUT2D eigenvalue weighted by atomic mass is 10.0. The lowest BCUT2D eigenvalue weighted by molar-refractivity contribution is 0.269. The molecule has 1 aromatic rings. The number of rotatable bonds is 3. The van der Waals surface area contributed by atoms with Gasteiger partial charge in [-0.2, -0.15) is 4.31 Å². The van der Waals surface area contributed by atoms with Crippen molar-refractivity contribution in [2.24, 2.45) is 11.7 Å². The zero-order valence-electron chi connectivity index (χ0n) is 11.1. The minimum absolute atomic E-state index is 0. The predicted molar refractivity (Wildman–Crippen MR) is 74.1 cm³/mol. The third kappa shape index (κ3) is 3.68. The molecule has 4 nitrogen and oxygen atoms in total. The summed E-state index contributed by atoms with van der Waals surface area (Å²) in [5, 5.41) is 0. The molecule has 1 aliphatic heterocycles. The summed E-state index contributed by atoms with van der Waals surface area (Å²) in [5.41, 5.74) is 5.51. The molecule has 0 amide bonds. The minimum atomic E-state index is -4.32. The minimum Gasteiger partial charge on any atom is -0.330 e. The zero-order valence-corrected chi connectivity index (χ0v) is 12.7. The van der Waals surface area contributed by atoms with Crippen LogP contribution in [0.4, 0.5) is 13.2 Å². The Labute approximate surface area is 127 Å². The van der Waals surface area contributed by atoms with Gasteiger partial charge in [0.2, 0.25) is 10.0 Å². The lowest BCUT2D eigenvalue weighted by Crippen LogP contribution is -2.42. The molecule has 0 aromatic heterocycles. The molecule has 2 N–H and O–H groups in total. The topological polar surface area (TPSA) is 63.4 Å². The first kappa shape index (κ1) is 18.2. The average molecular weight is 345 g/mol. The summed E-state index contributed by atoms with van der Waals surface area (Å²) in [7, 11) is -4.32. The van der Waals surface area contributed by atoms with Crippen LogP contribution in [0.15, 0.2) is 17.0 Å². The van der Waals surface area contributed by atoms with E-state index in [2.05, 4.69) is 0 Å². The molecular formula is C12H16ClF3N2O2S. The van der Waals surface area contributed by atoms with E-state index >= 15 is 0 Å². The molecule has 1 fully saturated rings. The molecule has 2 rings (SSSR count). The van der Waals surface area contributed by atoms with Crippen LogP contribution in [-0.4, -0.2) is 32.4 Å². The Hall–Kier alpha value is -0.830. The van der Waals surface area contributed by atoms with E-state index in [0.29, 0.717) is 25.1 Å². The number of sulfonamides is 1. The molecule has 0 aliphatic carbocycles. The van der Waals surface area contributed by atoms with Gasteiger partial charge in [0.25, 0.3) is 0 Å². The Morgan fingerprint density at radius 1 is 1.24 bits per heavy atom. The van der Waals surface area contributed by atoms with Gasteiger partial charge in [-0.05, 0) is 25.3 Å². The van der Waals surface area contributed by atoms with Crippen LogP contribution in [0, 0.1) is 23.4 Å². The highest BCUT2D eigenvalue weighted by Crippen LogP contribution is 2.27. The molecule has 21 heavy (non-hydrogen) atoms. The molecular weight excluding hydrogens is 329 g/mol. The van der Waals surface area contributed by atoms with Crippen molar-refractivity contribution in [3.8, 4) is 0 Å². The quantitative estimate of drug-likeness (QED) is 0.910. The van der Waals surface area contributed by atoms with Gasteiger partial charge in [0.15, 0.2) is 4.90 Å². The highest BCUT2D eigenvalue weighted by atomic mass is 35.5. The van der Waals surface area contributed by atoms with Gasteiger partial charge in [-0.1, -0.05) is 0 Å². The summed E-state index contributed by atoms with van der Waals surface area (Å²) in [4.78, 5) is -1.10. The largest absolute Gasteiger partial charge is 0.330 e. The van der Waals surface area contributed by atoms with Gasteiger partial charge in [0, 0.05) is 25.2 Å². The van der Waals surface area contributed by atoms with Gasteiger partial charge in [-0.25, -0.2) is 21.6 Å². The predicted octanol–water partition coefficient (Wildman–Crippen LogP) is 1.89. The summed E-state index contributed by atoms with van der Waals surface area (Å²) < 4.78 is 65.7. The maximum atomic E-state index is 13.6. The second-order valence-electron chi connectivity index (χ2n) is 4.81. The second-order valence-corrected chi connectivity index (χ2v) is 6.68. The monoisotopic (exact) mass is 344 g/mol. The van der Waals surface area contributed by atoms with E-state index in [0.717, 1.165) is 10.7 Å². The SMILES string of the molecule is Cl.NCC1CCCN(S(=O)(=O)c2c(F)cc(F)cc2F)C1. The van der Waals surface area contributed by atoms with Gasteiger partial charge in [-0.15, -0.1) is 12.4 Å². The summed E-state index contributed by atoms with van der Waals surface area (Å²) in [5.74, 6) is -4.03. The van der Waals surface area contributed by atoms with E-state index in [1.807, 2.05) is 0 Å². The van der Waals surface area contributed by atoms with Crippen molar-refractivity contribution < 1.29 is 21.6 Å². The van der Waals surface area contributed by atoms with Crippen molar-refractivity contribution in [3.63, 3.8) is 0 Å². The normalized spacial score (nSPS) is 20.1. The summed E-state index contributed by atoms with van der Waals surface area (Å²) in [6.07, 6.45) is 1.35. The molecule has 1 aromatic carbocycles. The van der Waals surface area contributed by atoms with Crippen LogP contribution in [-0.2, 0) is 10.0 Å². The standard InChI is InChI=1S/C12H15F3N2O2S.ClH/c13-9-4-10(14)12(11(15)5-9)20(18,19)17-3-1-2-8(6-16)7-17;/h4-5,8H,1-3,6-7,16H2;1H. The van der Waals surface area contributed by atoms with Gasteiger partial charge < -0.3 is 5.73 Å². The van der Waals surface area contributed by atoms with Gasteiger partial charge in [-0.3, -0.25) is 0 Å². The number of benzene rings is 1. The van der Waals surface area contributed by atoms with E-state index in [-0.39, 0.29) is 31.4 Å². The van der Waals surface area contributed by atoms with Crippen LogP contribution >= 0.6 is 12.4 Å². The number of hydrogen-bond donors (Lipinski definition) is 1. The van der Waals surface area contributed by atoms with E-state index in [1.54, 1.807) is 0 Å². The van der Waals surface area contributed by atoms with Crippen molar-refractivity contribution in [2.75, 3.05) is 19.6 Å². The maximum absolute atomic E-state index is 13.6. The third-order valence-electron chi connectivity index (χ3n) is 3.38. The molecule has 1 heterocycles. The molecule has 1 aliphatic rings. The Balaban J connectivity index is 0.00000220. The zero-order chi connectivity index (χ0) is 14.9. The van der Waals surface area contributed by atoms with Crippen LogP contribution in [0.2, 0.25) is 0 Å². The molecule has 1 saturated heterocycles. The summed E-state index contributed by atoms with van der Waals surface area (Å²) in [6, 6.07) is 0.723. The van der Waals surface area contributed by atoms with E-state index < -0.39 is 32.4 Å². The first-order chi connectivity index (χ1) is 9.36. The Bertz CT molecular complexity index is 590. The molecule has 120 valence electrons. The number of hydrogen-bond acceptors (Lipinski definition) is 3. The molecule has 0 saturated carbocycles. The van der Waals surface area contributed by atoms with Crippen LogP contribution in [0.25, 0.3) is 0 Å². The van der Waals surface area contributed by atoms with Crippen LogP contribution < -0.4 is 5.73 Å². The number of nitrogens with zero attached hydrogens (tertiary/aromatic N) is 1. The number of nitrogens with two attached hydrogens (primary N) is 1. The highest BCUT2D eigenvalue weighted by molar-refractivity contribution is 7.89. The second kappa shape index (κ2) is 6.95. The Kier molecular flexibility index (Phi) is 6.03. The fraction of sp³-hybridized carbons (Fsp3) is 0.500. The summed E-state index contributed by atoms with van der Waals surface area (Å²) >= 11 is 0.